The summed E-state index contributed by atoms with van der Waals surface area (Å²) in [5, 5.41) is 13.1. The zero-order valence-electron chi connectivity index (χ0n) is 11.8. The fourth-order valence-electron chi connectivity index (χ4n) is 2.61. The SMILES string of the molecule is CCOc1cc(C2CC(=O)c3ccccc3N2)ccc1O. The smallest absolute Gasteiger partial charge is 0.167 e. The third-order valence-electron chi connectivity index (χ3n) is 3.63. The maximum atomic E-state index is 12.2. The zero-order chi connectivity index (χ0) is 14.8. The number of benzene rings is 2. The van der Waals surface area contributed by atoms with Gasteiger partial charge in [0.1, 0.15) is 0 Å². The van der Waals surface area contributed by atoms with Crippen molar-refractivity contribution in [2.75, 3.05) is 11.9 Å². The Labute approximate surface area is 123 Å². The predicted octanol–water partition coefficient (Wildman–Crippen LogP) is 3.53. The molecule has 0 saturated heterocycles. The molecule has 21 heavy (non-hydrogen) atoms. The first-order chi connectivity index (χ1) is 10.2. The van der Waals surface area contributed by atoms with E-state index in [-0.39, 0.29) is 17.6 Å². The maximum Gasteiger partial charge on any atom is 0.167 e. The average Bonchev–Trinajstić information content (AvgIpc) is 2.50. The second-order valence-corrected chi connectivity index (χ2v) is 5.03. The Morgan fingerprint density at radius 3 is 2.90 bits per heavy atom. The van der Waals surface area contributed by atoms with E-state index >= 15 is 0 Å². The summed E-state index contributed by atoms with van der Waals surface area (Å²) in [7, 11) is 0. The van der Waals surface area contributed by atoms with Crippen LogP contribution in [0.2, 0.25) is 0 Å². The molecule has 1 atom stereocenters. The number of hydrogen-bond acceptors (Lipinski definition) is 4. The highest BCUT2D eigenvalue weighted by Crippen LogP contribution is 2.36. The molecule has 2 N–H and O–H groups in total. The zero-order valence-corrected chi connectivity index (χ0v) is 11.8. The minimum absolute atomic E-state index is 0.104. The van der Waals surface area contributed by atoms with Gasteiger partial charge in [0, 0.05) is 17.7 Å². The molecule has 108 valence electrons. The molecule has 0 fully saturated rings. The third-order valence-corrected chi connectivity index (χ3v) is 3.63. The van der Waals surface area contributed by atoms with Gasteiger partial charge < -0.3 is 15.2 Å². The van der Waals surface area contributed by atoms with Crippen molar-refractivity contribution < 1.29 is 14.6 Å². The number of fused-ring (bicyclic) bond motifs is 1. The van der Waals surface area contributed by atoms with Crippen LogP contribution in [0, 0.1) is 0 Å². The van der Waals surface area contributed by atoms with Crippen LogP contribution in [0.3, 0.4) is 0 Å². The van der Waals surface area contributed by atoms with E-state index < -0.39 is 0 Å². The van der Waals surface area contributed by atoms with Crippen LogP contribution in [0.5, 0.6) is 11.5 Å². The molecule has 0 amide bonds. The molecular formula is C17H17NO3. The molecule has 0 aliphatic carbocycles. The van der Waals surface area contributed by atoms with Crippen LogP contribution in [0.15, 0.2) is 42.5 Å². The van der Waals surface area contributed by atoms with Gasteiger partial charge in [-0.15, -0.1) is 0 Å². The second kappa shape index (κ2) is 5.48. The van der Waals surface area contributed by atoms with Crippen molar-refractivity contribution >= 4 is 11.5 Å². The molecule has 1 heterocycles. The van der Waals surface area contributed by atoms with E-state index in [0.29, 0.717) is 18.8 Å². The van der Waals surface area contributed by atoms with Gasteiger partial charge >= 0.3 is 0 Å². The van der Waals surface area contributed by atoms with E-state index in [1.54, 1.807) is 12.1 Å². The summed E-state index contributed by atoms with van der Waals surface area (Å²) >= 11 is 0. The molecule has 0 radical (unpaired) electrons. The number of hydrogen-bond donors (Lipinski definition) is 2. The molecule has 4 nitrogen and oxygen atoms in total. The van der Waals surface area contributed by atoms with Gasteiger partial charge in [-0.05, 0) is 36.8 Å². The van der Waals surface area contributed by atoms with E-state index in [9.17, 15) is 9.90 Å². The summed E-state index contributed by atoms with van der Waals surface area (Å²) in [6, 6.07) is 12.6. The van der Waals surface area contributed by atoms with Gasteiger partial charge in [-0.1, -0.05) is 18.2 Å². The quantitative estimate of drug-likeness (QED) is 0.904. The molecule has 3 rings (SSSR count). The van der Waals surface area contributed by atoms with Crippen LogP contribution in [-0.4, -0.2) is 17.5 Å². The molecule has 0 spiro atoms. The van der Waals surface area contributed by atoms with Crippen LogP contribution >= 0.6 is 0 Å². The normalized spacial score (nSPS) is 17.0. The molecule has 2 aromatic carbocycles. The van der Waals surface area contributed by atoms with E-state index in [1.807, 2.05) is 37.3 Å². The Bertz CT molecular complexity index is 681. The average molecular weight is 283 g/mol. The molecular weight excluding hydrogens is 266 g/mol. The van der Waals surface area contributed by atoms with E-state index in [1.165, 1.54) is 0 Å². The lowest BCUT2D eigenvalue weighted by atomic mass is 9.92. The molecule has 0 aromatic heterocycles. The number of ether oxygens (including phenoxy) is 1. The number of carbonyl (C=O) groups excluding carboxylic acids is 1. The van der Waals surface area contributed by atoms with Crippen molar-refractivity contribution in [1.29, 1.82) is 0 Å². The fraction of sp³-hybridized carbons (Fsp3) is 0.235. The Balaban J connectivity index is 1.92. The van der Waals surface area contributed by atoms with Gasteiger partial charge in [0.2, 0.25) is 0 Å². The highest BCUT2D eigenvalue weighted by Gasteiger charge is 2.25. The summed E-state index contributed by atoms with van der Waals surface area (Å²) in [4.78, 5) is 12.2. The first kappa shape index (κ1) is 13.5. The van der Waals surface area contributed by atoms with Crippen LogP contribution in [0.1, 0.15) is 35.3 Å². The van der Waals surface area contributed by atoms with E-state index in [4.69, 9.17) is 4.74 Å². The Morgan fingerprint density at radius 2 is 2.10 bits per heavy atom. The monoisotopic (exact) mass is 283 g/mol. The summed E-state index contributed by atoms with van der Waals surface area (Å²) < 4.78 is 5.40. The van der Waals surface area contributed by atoms with Crippen LogP contribution in [-0.2, 0) is 0 Å². The largest absolute Gasteiger partial charge is 0.504 e. The Kier molecular flexibility index (Phi) is 3.52. The lowest BCUT2D eigenvalue weighted by Gasteiger charge is -2.26. The van der Waals surface area contributed by atoms with Gasteiger partial charge in [0.15, 0.2) is 17.3 Å². The van der Waals surface area contributed by atoms with Crippen molar-refractivity contribution in [3.8, 4) is 11.5 Å². The highest BCUT2D eigenvalue weighted by atomic mass is 16.5. The van der Waals surface area contributed by atoms with Gasteiger partial charge in [0.05, 0.1) is 12.6 Å². The minimum Gasteiger partial charge on any atom is -0.504 e. The van der Waals surface area contributed by atoms with Crippen molar-refractivity contribution in [3.05, 3.63) is 53.6 Å². The highest BCUT2D eigenvalue weighted by molar-refractivity contribution is 6.03. The molecule has 1 unspecified atom stereocenters. The summed E-state index contributed by atoms with van der Waals surface area (Å²) in [5.41, 5.74) is 2.52. The summed E-state index contributed by atoms with van der Waals surface area (Å²) in [6.45, 7) is 2.35. The van der Waals surface area contributed by atoms with Crippen LogP contribution in [0.4, 0.5) is 5.69 Å². The maximum absolute atomic E-state index is 12.2. The first-order valence-electron chi connectivity index (χ1n) is 7.03. The van der Waals surface area contributed by atoms with E-state index in [2.05, 4.69) is 5.32 Å². The molecule has 2 aromatic rings. The number of anilines is 1. The number of rotatable bonds is 3. The van der Waals surface area contributed by atoms with Gasteiger partial charge in [-0.25, -0.2) is 0 Å². The molecule has 1 aliphatic rings. The van der Waals surface area contributed by atoms with Crippen molar-refractivity contribution in [2.45, 2.75) is 19.4 Å². The molecule has 4 heteroatoms. The Hall–Kier alpha value is -2.49. The predicted molar refractivity (Wildman–Crippen MR) is 81.0 cm³/mol. The number of carbonyl (C=O) groups is 1. The summed E-state index contributed by atoms with van der Waals surface area (Å²) in [5.74, 6) is 0.687. The number of Topliss-reactive ketones (excluding diaryl/α,β-unsaturated/α-hetero) is 1. The van der Waals surface area contributed by atoms with Crippen molar-refractivity contribution in [1.82, 2.24) is 0 Å². The third kappa shape index (κ3) is 2.57. The van der Waals surface area contributed by atoms with Crippen molar-refractivity contribution in [3.63, 3.8) is 0 Å². The van der Waals surface area contributed by atoms with Gasteiger partial charge in [0.25, 0.3) is 0 Å². The van der Waals surface area contributed by atoms with Crippen molar-refractivity contribution in [2.24, 2.45) is 0 Å². The molecule has 0 saturated carbocycles. The minimum atomic E-state index is -0.104. The molecule has 1 aliphatic heterocycles. The number of phenolic OH excluding ortho intramolecular Hbond substituents is 1. The number of ketones is 1. The topological polar surface area (TPSA) is 58.6 Å². The lowest BCUT2D eigenvalue weighted by Crippen LogP contribution is -2.22. The lowest BCUT2D eigenvalue weighted by molar-refractivity contribution is 0.0972. The van der Waals surface area contributed by atoms with Gasteiger partial charge in [-0.2, -0.15) is 0 Å². The summed E-state index contributed by atoms with van der Waals surface area (Å²) in [6.07, 6.45) is 0.396. The van der Waals surface area contributed by atoms with E-state index in [0.717, 1.165) is 16.8 Å². The second-order valence-electron chi connectivity index (χ2n) is 5.03. The molecule has 0 bridgehead atoms. The Morgan fingerprint density at radius 1 is 1.29 bits per heavy atom. The van der Waals surface area contributed by atoms with Crippen LogP contribution < -0.4 is 10.1 Å². The van der Waals surface area contributed by atoms with Crippen LogP contribution in [0.25, 0.3) is 0 Å². The number of para-hydroxylation sites is 1. The number of aromatic hydroxyl groups is 1. The number of phenols is 1. The van der Waals surface area contributed by atoms with Gasteiger partial charge in [-0.3, -0.25) is 4.79 Å². The fourth-order valence-corrected chi connectivity index (χ4v) is 2.61. The number of nitrogens with one attached hydrogen (secondary N) is 1. The standard InChI is InChI=1S/C17H17NO3/c1-2-21-17-9-11(7-8-15(17)19)14-10-16(20)12-5-3-4-6-13(12)18-14/h3-9,14,18-19H,2,10H2,1H3. The first-order valence-corrected chi connectivity index (χ1v) is 7.03.